The number of likely N-dealkylation sites (N-methyl/N-ethyl adjacent to an activating group) is 1. The highest BCUT2D eigenvalue weighted by atomic mass is 32.1. The standard InChI is InChI=1S/C29H24N4O8S2/c1-33-19(24-22-23(41-9-8-40-22)26(43-24)25-21-20(13-42-25)38-6-7-39-21)3-5-31-27(33)18-12-15(29(36)37)11-17(32-18)16-10-14(28(34)35)2-4-30-16/h2-5,10-13,17,19,32H,6-9H2,1H3,(H,34,35)(H,36,37). The van der Waals surface area contributed by atoms with E-state index in [4.69, 9.17) is 18.9 Å². The molecule has 7 heterocycles. The Bertz CT molecular complexity index is 1770. The molecule has 7 rings (SSSR count). The zero-order valence-corrected chi connectivity index (χ0v) is 24.2. The zero-order chi connectivity index (χ0) is 29.7. The van der Waals surface area contributed by atoms with Gasteiger partial charge in [0.25, 0.3) is 0 Å². The molecule has 220 valence electrons. The van der Waals surface area contributed by atoms with Crippen LogP contribution in [0, 0.1) is 0 Å². The van der Waals surface area contributed by atoms with Crippen LogP contribution in [0.1, 0.15) is 33.0 Å². The van der Waals surface area contributed by atoms with Crippen molar-refractivity contribution in [2.75, 3.05) is 33.5 Å². The van der Waals surface area contributed by atoms with Gasteiger partial charge in [-0.1, -0.05) is 0 Å². The van der Waals surface area contributed by atoms with Crippen LogP contribution in [0.15, 0.2) is 64.4 Å². The summed E-state index contributed by atoms with van der Waals surface area (Å²) < 4.78 is 24.0. The van der Waals surface area contributed by atoms with Crippen molar-refractivity contribution in [2.45, 2.75) is 12.1 Å². The third-order valence-electron chi connectivity index (χ3n) is 7.21. The smallest absolute Gasteiger partial charge is 0.335 e. The molecule has 0 spiro atoms. The molecule has 0 fully saturated rings. The number of ether oxygens (including phenoxy) is 4. The number of thiophene rings is 2. The molecule has 0 aliphatic carbocycles. The van der Waals surface area contributed by atoms with Crippen LogP contribution in [0.4, 0.5) is 0 Å². The third-order valence-corrected chi connectivity index (χ3v) is 9.54. The normalized spacial score (nSPS) is 20.5. The van der Waals surface area contributed by atoms with E-state index in [1.165, 1.54) is 53.2 Å². The Morgan fingerprint density at radius 2 is 1.79 bits per heavy atom. The van der Waals surface area contributed by atoms with Gasteiger partial charge in [0, 0.05) is 24.8 Å². The van der Waals surface area contributed by atoms with Gasteiger partial charge in [0.15, 0.2) is 28.8 Å². The number of nitrogens with zero attached hydrogens (tertiary/aromatic N) is 3. The number of fused-ring (bicyclic) bond motifs is 2. The largest absolute Gasteiger partial charge is 0.485 e. The fourth-order valence-electron chi connectivity index (χ4n) is 5.21. The fraction of sp³-hybridized carbons (Fsp3) is 0.241. The van der Waals surface area contributed by atoms with Crippen LogP contribution < -0.4 is 24.3 Å². The average molecular weight is 621 g/mol. The van der Waals surface area contributed by atoms with Gasteiger partial charge in [-0.3, -0.25) is 4.98 Å². The Morgan fingerprint density at radius 1 is 1.02 bits per heavy atom. The maximum Gasteiger partial charge on any atom is 0.335 e. The lowest BCUT2D eigenvalue weighted by Gasteiger charge is -2.34. The third kappa shape index (κ3) is 4.77. The van der Waals surface area contributed by atoms with E-state index in [0.717, 1.165) is 14.6 Å². The maximum absolute atomic E-state index is 12.1. The second-order valence-corrected chi connectivity index (χ2v) is 11.8. The topological polar surface area (TPSA) is 152 Å². The summed E-state index contributed by atoms with van der Waals surface area (Å²) in [6.45, 7) is 1.79. The number of carboxylic acid groups (broad SMARTS) is 2. The zero-order valence-electron chi connectivity index (χ0n) is 22.6. The number of rotatable bonds is 6. The number of pyridine rings is 1. The number of aliphatic imine (C=N–C) groups is 1. The first-order chi connectivity index (χ1) is 20.9. The summed E-state index contributed by atoms with van der Waals surface area (Å²) in [7, 11) is 1.87. The summed E-state index contributed by atoms with van der Waals surface area (Å²) in [6, 6.07) is 1.79. The number of nitrogens with one attached hydrogen (secondary N) is 1. The summed E-state index contributed by atoms with van der Waals surface area (Å²) in [5.41, 5.74) is 0.891. The molecule has 3 aromatic heterocycles. The molecule has 43 heavy (non-hydrogen) atoms. The minimum absolute atomic E-state index is 0.0284. The van der Waals surface area contributed by atoms with E-state index in [0.29, 0.717) is 66.7 Å². The van der Waals surface area contributed by atoms with Gasteiger partial charge < -0.3 is 39.4 Å². The molecule has 0 radical (unpaired) electrons. The van der Waals surface area contributed by atoms with Gasteiger partial charge in [-0.05, 0) is 30.4 Å². The predicted octanol–water partition coefficient (Wildman–Crippen LogP) is 4.25. The molecule has 0 saturated carbocycles. The first-order valence-electron chi connectivity index (χ1n) is 13.3. The first-order valence-corrected chi connectivity index (χ1v) is 15.0. The van der Waals surface area contributed by atoms with Gasteiger partial charge in [0.05, 0.1) is 49.2 Å². The van der Waals surface area contributed by atoms with Crippen molar-refractivity contribution in [2.24, 2.45) is 4.99 Å². The van der Waals surface area contributed by atoms with Crippen molar-refractivity contribution in [1.29, 1.82) is 0 Å². The Morgan fingerprint density at radius 3 is 2.58 bits per heavy atom. The highest BCUT2D eigenvalue weighted by molar-refractivity contribution is 7.22. The first kappa shape index (κ1) is 27.0. The molecular weight excluding hydrogens is 596 g/mol. The van der Waals surface area contributed by atoms with E-state index in [2.05, 4.69) is 15.3 Å². The molecule has 0 saturated heterocycles. The molecule has 12 nitrogen and oxygen atoms in total. The van der Waals surface area contributed by atoms with Crippen LogP contribution in [0.2, 0.25) is 0 Å². The van der Waals surface area contributed by atoms with Crippen LogP contribution in [0.5, 0.6) is 23.0 Å². The fourth-order valence-corrected chi connectivity index (χ4v) is 7.60. The van der Waals surface area contributed by atoms with Crippen LogP contribution in [-0.4, -0.2) is 71.3 Å². The van der Waals surface area contributed by atoms with Crippen molar-refractivity contribution >= 4 is 40.4 Å². The molecule has 2 unspecified atom stereocenters. The van der Waals surface area contributed by atoms with Gasteiger partial charge in [-0.2, -0.15) is 0 Å². The van der Waals surface area contributed by atoms with E-state index in [9.17, 15) is 19.8 Å². The molecule has 14 heteroatoms. The van der Waals surface area contributed by atoms with Gasteiger partial charge in [0.2, 0.25) is 0 Å². The lowest BCUT2D eigenvalue weighted by atomic mass is 10.0. The minimum Gasteiger partial charge on any atom is -0.485 e. The van der Waals surface area contributed by atoms with E-state index >= 15 is 0 Å². The van der Waals surface area contributed by atoms with Gasteiger partial charge >= 0.3 is 11.9 Å². The molecule has 3 aromatic rings. The van der Waals surface area contributed by atoms with Crippen molar-refractivity contribution in [1.82, 2.24) is 15.2 Å². The maximum atomic E-state index is 12.1. The molecule has 0 amide bonds. The number of aliphatic carboxylic acids is 1. The monoisotopic (exact) mass is 620 g/mol. The molecule has 0 aromatic carbocycles. The second-order valence-electron chi connectivity index (χ2n) is 9.84. The summed E-state index contributed by atoms with van der Waals surface area (Å²) in [6.07, 6.45) is 8.01. The van der Waals surface area contributed by atoms with Crippen LogP contribution in [-0.2, 0) is 4.79 Å². The highest BCUT2D eigenvalue weighted by Crippen LogP contribution is 2.57. The number of hydrogen-bond acceptors (Lipinski definition) is 12. The number of hydrogen-bond donors (Lipinski definition) is 3. The number of aromatic nitrogens is 1. The Hall–Kier alpha value is -4.82. The Kier molecular flexibility index (Phi) is 6.78. The van der Waals surface area contributed by atoms with Crippen molar-refractivity contribution in [3.05, 3.63) is 75.5 Å². The number of dihydropyridines is 1. The Balaban J connectivity index is 1.23. The highest BCUT2D eigenvalue weighted by Gasteiger charge is 2.36. The van der Waals surface area contributed by atoms with E-state index in [-0.39, 0.29) is 17.2 Å². The van der Waals surface area contributed by atoms with Gasteiger partial charge in [-0.15, -0.1) is 22.7 Å². The number of aromatic carboxylic acids is 1. The molecule has 4 aliphatic rings. The van der Waals surface area contributed by atoms with Crippen LogP contribution >= 0.6 is 22.7 Å². The van der Waals surface area contributed by atoms with Gasteiger partial charge in [-0.25, -0.2) is 14.6 Å². The summed E-state index contributed by atoms with van der Waals surface area (Å²) >= 11 is 3.06. The van der Waals surface area contributed by atoms with Crippen LogP contribution in [0.3, 0.4) is 0 Å². The minimum atomic E-state index is -1.13. The lowest BCUT2D eigenvalue weighted by Crippen LogP contribution is -2.39. The predicted molar refractivity (Wildman–Crippen MR) is 158 cm³/mol. The van der Waals surface area contributed by atoms with Crippen molar-refractivity contribution < 1.29 is 38.7 Å². The number of amidine groups is 1. The average Bonchev–Trinajstić information content (AvgIpc) is 3.63. The summed E-state index contributed by atoms with van der Waals surface area (Å²) in [4.78, 5) is 37.2. The van der Waals surface area contributed by atoms with Crippen molar-refractivity contribution in [3.8, 4) is 32.8 Å². The molecule has 4 aliphatic heterocycles. The Labute approximate surface area is 252 Å². The molecule has 3 N–H and O–H groups in total. The van der Waals surface area contributed by atoms with Crippen LogP contribution in [0.25, 0.3) is 9.75 Å². The second kappa shape index (κ2) is 10.8. The number of carbonyl (C=O) groups is 2. The molecule has 2 atom stereocenters. The summed E-state index contributed by atoms with van der Waals surface area (Å²) in [5.74, 6) is 0.984. The van der Waals surface area contributed by atoms with E-state index in [1.807, 2.05) is 23.4 Å². The molecular formula is C29H24N4O8S2. The summed E-state index contributed by atoms with van der Waals surface area (Å²) in [5, 5.41) is 24.6. The van der Waals surface area contributed by atoms with Crippen molar-refractivity contribution in [3.63, 3.8) is 0 Å². The lowest BCUT2D eigenvalue weighted by molar-refractivity contribution is -0.132. The van der Waals surface area contributed by atoms with Gasteiger partial charge in [0.1, 0.15) is 26.4 Å². The number of carboxylic acids is 2. The SMILES string of the molecule is CN1C(C2=CC(C(=O)O)=CC(c3cc(C(=O)O)ccn3)N2)=NC=CC1c1sc(-c2scc3c2OCCO3)c2c1OCCO2. The molecule has 0 bridgehead atoms. The quantitative estimate of drug-likeness (QED) is 0.363. The van der Waals surface area contributed by atoms with E-state index < -0.39 is 18.0 Å². The van der Waals surface area contributed by atoms with E-state index in [1.54, 1.807) is 6.20 Å².